The number of anilines is 1. The van der Waals surface area contributed by atoms with Crippen molar-refractivity contribution in [2.75, 3.05) is 5.73 Å². The van der Waals surface area contributed by atoms with Gasteiger partial charge in [-0.25, -0.2) is 9.97 Å². The van der Waals surface area contributed by atoms with Gasteiger partial charge in [0, 0.05) is 24.9 Å². The Bertz CT molecular complexity index is 806. The molecule has 0 aliphatic heterocycles. The van der Waals surface area contributed by atoms with E-state index in [-0.39, 0.29) is 5.56 Å². The van der Waals surface area contributed by atoms with Crippen LogP contribution in [0.3, 0.4) is 0 Å². The molecule has 6 nitrogen and oxygen atoms in total. The molecule has 0 atom stereocenters. The van der Waals surface area contributed by atoms with Crippen LogP contribution in [-0.4, -0.2) is 14.5 Å². The summed E-state index contributed by atoms with van der Waals surface area (Å²) < 4.78 is 6.85. The minimum atomic E-state index is -0.0864. The molecule has 100 valence electrons. The molecule has 0 saturated heterocycles. The quantitative estimate of drug-likeness (QED) is 0.764. The van der Waals surface area contributed by atoms with Crippen molar-refractivity contribution in [1.82, 2.24) is 14.5 Å². The van der Waals surface area contributed by atoms with Crippen LogP contribution in [-0.2, 0) is 7.05 Å². The molecule has 0 aromatic carbocycles. The zero-order valence-electron chi connectivity index (χ0n) is 10.8. The van der Waals surface area contributed by atoms with Crippen LogP contribution < -0.4 is 11.3 Å². The Morgan fingerprint density at radius 2 is 2.10 bits per heavy atom. The summed E-state index contributed by atoms with van der Waals surface area (Å²) in [6, 6.07) is 6.74. The lowest BCUT2D eigenvalue weighted by Crippen LogP contribution is -2.14. The van der Waals surface area contributed by atoms with Crippen molar-refractivity contribution >= 4 is 5.82 Å². The van der Waals surface area contributed by atoms with E-state index in [2.05, 4.69) is 9.97 Å². The van der Waals surface area contributed by atoms with Crippen LogP contribution in [0.4, 0.5) is 5.82 Å². The molecule has 3 aromatic heterocycles. The van der Waals surface area contributed by atoms with Crippen molar-refractivity contribution in [3.8, 4) is 22.7 Å². The van der Waals surface area contributed by atoms with Gasteiger partial charge in [-0.15, -0.1) is 0 Å². The summed E-state index contributed by atoms with van der Waals surface area (Å²) in [4.78, 5) is 20.0. The summed E-state index contributed by atoms with van der Waals surface area (Å²) in [7, 11) is 1.68. The highest BCUT2D eigenvalue weighted by molar-refractivity contribution is 5.75. The summed E-state index contributed by atoms with van der Waals surface area (Å²) in [6.45, 7) is 0. The Hall–Kier alpha value is -2.89. The number of furan rings is 1. The molecule has 0 radical (unpaired) electrons. The van der Waals surface area contributed by atoms with Gasteiger partial charge in [0.25, 0.3) is 0 Å². The maximum absolute atomic E-state index is 11.5. The lowest BCUT2D eigenvalue weighted by atomic mass is 10.1. The van der Waals surface area contributed by atoms with Gasteiger partial charge in [0.15, 0.2) is 5.76 Å². The lowest BCUT2D eigenvalue weighted by molar-refractivity contribution is 0.580. The number of aryl methyl sites for hydroxylation is 1. The van der Waals surface area contributed by atoms with E-state index in [1.54, 1.807) is 37.7 Å². The number of pyridine rings is 1. The van der Waals surface area contributed by atoms with Gasteiger partial charge in [0.2, 0.25) is 5.56 Å². The normalized spacial score (nSPS) is 10.7. The lowest BCUT2D eigenvalue weighted by Gasteiger charge is -2.07. The SMILES string of the molecule is Cn1cc(-c2ncc(N)nc2-c2ccco2)ccc1=O. The highest BCUT2D eigenvalue weighted by atomic mass is 16.3. The van der Waals surface area contributed by atoms with Crippen LogP contribution in [0, 0.1) is 0 Å². The molecule has 0 amide bonds. The van der Waals surface area contributed by atoms with Gasteiger partial charge < -0.3 is 14.7 Å². The van der Waals surface area contributed by atoms with Gasteiger partial charge in [-0.2, -0.15) is 0 Å². The topological polar surface area (TPSA) is 86.9 Å². The molecule has 3 aromatic rings. The van der Waals surface area contributed by atoms with Crippen LogP contribution in [0.15, 0.2) is 52.1 Å². The predicted molar refractivity (Wildman–Crippen MR) is 74.8 cm³/mol. The van der Waals surface area contributed by atoms with Crippen LogP contribution in [0.25, 0.3) is 22.7 Å². The number of aromatic nitrogens is 3. The number of hydrogen-bond acceptors (Lipinski definition) is 5. The van der Waals surface area contributed by atoms with E-state index in [4.69, 9.17) is 10.2 Å². The summed E-state index contributed by atoms with van der Waals surface area (Å²) >= 11 is 0. The predicted octanol–water partition coefficient (Wildman–Crippen LogP) is 1.68. The van der Waals surface area contributed by atoms with Crippen LogP contribution in [0.1, 0.15) is 0 Å². The molecule has 0 saturated carbocycles. The molecule has 0 bridgehead atoms. The molecule has 6 heteroatoms. The van der Waals surface area contributed by atoms with E-state index in [0.29, 0.717) is 23.0 Å². The molecular formula is C14H12N4O2. The van der Waals surface area contributed by atoms with Gasteiger partial charge in [0.1, 0.15) is 17.2 Å². The van der Waals surface area contributed by atoms with E-state index in [9.17, 15) is 4.79 Å². The molecule has 3 rings (SSSR count). The number of nitrogen functional groups attached to an aromatic ring is 1. The average molecular weight is 268 g/mol. The molecule has 0 spiro atoms. The van der Waals surface area contributed by atoms with Gasteiger partial charge in [-0.05, 0) is 18.2 Å². The van der Waals surface area contributed by atoms with Crippen molar-refractivity contribution < 1.29 is 4.42 Å². The first-order chi connectivity index (χ1) is 9.65. The van der Waals surface area contributed by atoms with Gasteiger partial charge in [-0.1, -0.05) is 0 Å². The second-order valence-electron chi connectivity index (χ2n) is 4.34. The smallest absolute Gasteiger partial charge is 0.250 e. The van der Waals surface area contributed by atoms with Crippen molar-refractivity contribution in [1.29, 1.82) is 0 Å². The zero-order chi connectivity index (χ0) is 14.1. The Kier molecular flexibility index (Phi) is 2.83. The second kappa shape index (κ2) is 4.65. The Balaban J connectivity index is 2.23. The third-order valence-electron chi connectivity index (χ3n) is 2.90. The Morgan fingerprint density at radius 1 is 1.25 bits per heavy atom. The van der Waals surface area contributed by atoms with Crippen LogP contribution >= 0.6 is 0 Å². The fourth-order valence-electron chi connectivity index (χ4n) is 1.93. The standard InChI is InChI=1S/C14H12N4O2/c1-18-8-9(4-5-12(18)19)13-14(10-3-2-6-20-10)17-11(15)7-16-13/h2-8H,1H3,(H2,15,17). The van der Waals surface area contributed by atoms with E-state index >= 15 is 0 Å². The first kappa shape index (κ1) is 12.2. The maximum atomic E-state index is 11.5. The van der Waals surface area contributed by atoms with E-state index in [0.717, 1.165) is 5.56 Å². The molecule has 20 heavy (non-hydrogen) atoms. The van der Waals surface area contributed by atoms with E-state index in [1.807, 2.05) is 0 Å². The Morgan fingerprint density at radius 3 is 2.80 bits per heavy atom. The number of rotatable bonds is 2. The number of hydrogen-bond donors (Lipinski definition) is 1. The molecule has 0 aliphatic rings. The zero-order valence-corrected chi connectivity index (χ0v) is 10.8. The van der Waals surface area contributed by atoms with Crippen LogP contribution in [0.2, 0.25) is 0 Å². The van der Waals surface area contributed by atoms with E-state index < -0.39 is 0 Å². The molecular weight excluding hydrogens is 256 g/mol. The third-order valence-corrected chi connectivity index (χ3v) is 2.90. The average Bonchev–Trinajstić information content (AvgIpc) is 2.96. The Labute approximate surface area is 114 Å². The van der Waals surface area contributed by atoms with Crippen molar-refractivity contribution in [3.05, 3.63) is 53.3 Å². The molecule has 0 unspecified atom stereocenters. The number of nitrogens with zero attached hydrogens (tertiary/aromatic N) is 3. The molecule has 0 aliphatic carbocycles. The number of nitrogens with two attached hydrogens (primary N) is 1. The second-order valence-corrected chi connectivity index (χ2v) is 4.34. The fraction of sp³-hybridized carbons (Fsp3) is 0.0714. The van der Waals surface area contributed by atoms with E-state index in [1.165, 1.54) is 16.8 Å². The van der Waals surface area contributed by atoms with Gasteiger partial charge in [0.05, 0.1) is 12.5 Å². The van der Waals surface area contributed by atoms with Crippen molar-refractivity contribution in [2.24, 2.45) is 7.05 Å². The fourth-order valence-corrected chi connectivity index (χ4v) is 1.93. The monoisotopic (exact) mass is 268 g/mol. The maximum Gasteiger partial charge on any atom is 0.250 e. The third kappa shape index (κ3) is 2.07. The van der Waals surface area contributed by atoms with Crippen molar-refractivity contribution in [2.45, 2.75) is 0 Å². The first-order valence-electron chi connectivity index (χ1n) is 5.98. The van der Waals surface area contributed by atoms with Crippen LogP contribution in [0.5, 0.6) is 0 Å². The highest BCUT2D eigenvalue weighted by Gasteiger charge is 2.14. The first-order valence-corrected chi connectivity index (χ1v) is 5.98. The summed E-state index contributed by atoms with van der Waals surface area (Å²) in [5.74, 6) is 0.888. The van der Waals surface area contributed by atoms with Crippen molar-refractivity contribution in [3.63, 3.8) is 0 Å². The molecule has 0 fully saturated rings. The largest absolute Gasteiger partial charge is 0.463 e. The highest BCUT2D eigenvalue weighted by Crippen LogP contribution is 2.28. The minimum absolute atomic E-state index is 0.0864. The minimum Gasteiger partial charge on any atom is -0.463 e. The molecule has 2 N–H and O–H groups in total. The summed E-state index contributed by atoms with van der Waals surface area (Å²) in [5.41, 5.74) is 7.54. The van der Waals surface area contributed by atoms with Gasteiger partial charge in [-0.3, -0.25) is 4.79 Å². The summed E-state index contributed by atoms with van der Waals surface area (Å²) in [6.07, 6.45) is 4.74. The summed E-state index contributed by atoms with van der Waals surface area (Å²) in [5, 5.41) is 0. The van der Waals surface area contributed by atoms with Gasteiger partial charge >= 0.3 is 0 Å². The molecule has 3 heterocycles.